The average Bonchev–Trinajstić information content (AvgIpc) is 2.66. The molecule has 1 aliphatic carbocycles. The molecule has 1 aromatic carbocycles. The number of nitrogens with zero attached hydrogens (tertiary/aromatic N) is 1. The molecule has 28 heavy (non-hydrogen) atoms. The minimum atomic E-state index is -0.216. The molecule has 0 spiro atoms. The summed E-state index contributed by atoms with van der Waals surface area (Å²) >= 11 is 6.01. The van der Waals surface area contributed by atoms with E-state index in [1.807, 2.05) is 13.0 Å². The number of anilines is 1. The quantitative estimate of drug-likeness (QED) is 0.708. The van der Waals surface area contributed by atoms with Gasteiger partial charge in [0.05, 0.1) is 6.10 Å². The van der Waals surface area contributed by atoms with E-state index >= 15 is 0 Å². The van der Waals surface area contributed by atoms with E-state index < -0.39 is 0 Å². The Hall–Kier alpha value is -2.60. The number of halogens is 1. The van der Waals surface area contributed by atoms with Crippen LogP contribution >= 0.6 is 11.6 Å². The summed E-state index contributed by atoms with van der Waals surface area (Å²) < 4.78 is 5.99. The topological polar surface area (TPSA) is 80.3 Å². The number of ether oxygens (including phenoxy) is 1. The standard InChI is InChI=1S/C21H24ClN3O3/c1-13-11-16(5-8-19(13)22)25-21(27)24-15-3-6-17(7-4-15)28-18-9-10-23-20(12-18)14(2)26/h5,8-12,15,17H,3-4,6-7H2,1-2H3,(H2,24,25,27). The highest BCUT2D eigenvalue weighted by atomic mass is 35.5. The van der Waals surface area contributed by atoms with Crippen molar-refractivity contribution in [3.63, 3.8) is 0 Å². The fourth-order valence-corrected chi connectivity index (χ4v) is 3.39. The lowest BCUT2D eigenvalue weighted by atomic mass is 9.93. The molecule has 0 radical (unpaired) electrons. The molecule has 148 valence electrons. The first-order valence-corrected chi connectivity index (χ1v) is 9.76. The number of Topliss-reactive ketones (excluding diaryl/α,β-unsaturated/α-hetero) is 1. The van der Waals surface area contributed by atoms with Crippen LogP contribution in [0.15, 0.2) is 36.5 Å². The van der Waals surface area contributed by atoms with Gasteiger partial charge in [0, 0.05) is 35.9 Å². The van der Waals surface area contributed by atoms with Crippen molar-refractivity contribution in [3.05, 3.63) is 52.8 Å². The molecule has 1 aliphatic rings. The van der Waals surface area contributed by atoms with Crippen LogP contribution in [0.1, 0.15) is 48.7 Å². The molecular weight excluding hydrogens is 378 g/mol. The molecule has 1 fully saturated rings. The second-order valence-electron chi connectivity index (χ2n) is 7.09. The van der Waals surface area contributed by atoms with Crippen LogP contribution < -0.4 is 15.4 Å². The number of ketones is 1. The zero-order valence-electron chi connectivity index (χ0n) is 16.0. The van der Waals surface area contributed by atoms with E-state index in [1.54, 1.807) is 30.5 Å². The number of carbonyl (C=O) groups is 2. The van der Waals surface area contributed by atoms with Crippen molar-refractivity contribution in [2.45, 2.75) is 51.7 Å². The summed E-state index contributed by atoms with van der Waals surface area (Å²) in [6.07, 6.45) is 5.00. The molecule has 1 aromatic heterocycles. The number of nitrogens with one attached hydrogen (secondary N) is 2. The highest BCUT2D eigenvalue weighted by molar-refractivity contribution is 6.31. The Kier molecular flexibility index (Phi) is 6.52. The van der Waals surface area contributed by atoms with Crippen LogP contribution in [-0.4, -0.2) is 28.9 Å². The van der Waals surface area contributed by atoms with Crippen LogP contribution in [0.4, 0.5) is 10.5 Å². The van der Waals surface area contributed by atoms with Crippen molar-refractivity contribution in [1.29, 1.82) is 0 Å². The molecule has 7 heteroatoms. The maximum absolute atomic E-state index is 12.2. The second kappa shape index (κ2) is 9.06. The average molecular weight is 402 g/mol. The lowest BCUT2D eigenvalue weighted by Gasteiger charge is -2.29. The van der Waals surface area contributed by atoms with Crippen molar-refractivity contribution >= 4 is 29.1 Å². The lowest BCUT2D eigenvalue weighted by molar-refractivity contribution is 0.101. The van der Waals surface area contributed by atoms with Gasteiger partial charge in [-0.25, -0.2) is 4.79 Å². The van der Waals surface area contributed by atoms with Crippen molar-refractivity contribution in [2.24, 2.45) is 0 Å². The third-order valence-corrected chi connectivity index (χ3v) is 5.24. The summed E-state index contributed by atoms with van der Waals surface area (Å²) in [6.45, 7) is 3.38. The predicted octanol–water partition coefficient (Wildman–Crippen LogP) is 4.76. The molecule has 1 heterocycles. The molecule has 1 saturated carbocycles. The first-order valence-electron chi connectivity index (χ1n) is 9.38. The number of hydrogen-bond donors (Lipinski definition) is 2. The van der Waals surface area contributed by atoms with Gasteiger partial charge >= 0.3 is 6.03 Å². The largest absolute Gasteiger partial charge is 0.490 e. The van der Waals surface area contributed by atoms with Gasteiger partial charge in [-0.1, -0.05) is 11.6 Å². The van der Waals surface area contributed by atoms with Gasteiger partial charge in [-0.15, -0.1) is 0 Å². The zero-order valence-corrected chi connectivity index (χ0v) is 16.8. The fraction of sp³-hybridized carbons (Fsp3) is 0.381. The molecule has 2 aromatic rings. The number of rotatable bonds is 5. The van der Waals surface area contributed by atoms with Crippen LogP contribution in [0.5, 0.6) is 5.75 Å². The lowest BCUT2D eigenvalue weighted by Crippen LogP contribution is -2.41. The van der Waals surface area contributed by atoms with Gasteiger partial charge in [0.2, 0.25) is 0 Å². The van der Waals surface area contributed by atoms with Crippen molar-refractivity contribution in [2.75, 3.05) is 5.32 Å². The molecule has 0 atom stereocenters. The van der Waals surface area contributed by atoms with E-state index in [-0.39, 0.29) is 24.0 Å². The summed E-state index contributed by atoms with van der Waals surface area (Å²) in [7, 11) is 0. The zero-order chi connectivity index (χ0) is 20.1. The van der Waals surface area contributed by atoms with Crippen LogP contribution in [0.3, 0.4) is 0 Å². The second-order valence-corrected chi connectivity index (χ2v) is 7.49. The first kappa shape index (κ1) is 20.1. The number of amides is 2. The number of benzene rings is 1. The summed E-state index contributed by atoms with van der Waals surface area (Å²) in [5.41, 5.74) is 2.04. The number of urea groups is 1. The first-order chi connectivity index (χ1) is 13.4. The van der Waals surface area contributed by atoms with Crippen LogP contribution in [0, 0.1) is 6.92 Å². The third-order valence-electron chi connectivity index (χ3n) is 4.82. The summed E-state index contributed by atoms with van der Waals surface area (Å²) in [5.74, 6) is 0.577. The van der Waals surface area contributed by atoms with Gasteiger partial charge < -0.3 is 15.4 Å². The van der Waals surface area contributed by atoms with Gasteiger partial charge in [0.15, 0.2) is 5.78 Å². The molecule has 0 unspecified atom stereocenters. The predicted molar refractivity (Wildman–Crippen MR) is 109 cm³/mol. The van der Waals surface area contributed by atoms with Crippen LogP contribution in [-0.2, 0) is 0 Å². The van der Waals surface area contributed by atoms with Crippen molar-refractivity contribution in [3.8, 4) is 5.75 Å². The number of pyridine rings is 1. The SMILES string of the molecule is CC(=O)c1cc(OC2CCC(NC(=O)Nc3ccc(Cl)c(C)c3)CC2)ccn1. The van der Waals surface area contributed by atoms with Crippen LogP contribution in [0.25, 0.3) is 0 Å². The maximum atomic E-state index is 12.2. The molecule has 0 bridgehead atoms. The molecule has 0 saturated heterocycles. The highest BCUT2D eigenvalue weighted by Crippen LogP contribution is 2.24. The van der Waals surface area contributed by atoms with E-state index in [1.165, 1.54) is 6.92 Å². The Morgan fingerprint density at radius 1 is 1.14 bits per heavy atom. The van der Waals surface area contributed by atoms with E-state index in [0.717, 1.165) is 36.9 Å². The summed E-state index contributed by atoms with van der Waals surface area (Å²) in [5, 5.41) is 6.54. The minimum Gasteiger partial charge on any atom is -0.490 e. The smallest absolute Gasteiger partial charge is 0.319 e. The highest BCUT2D eigenvalue weighted by Gasteiger charge is 2.24. The van der Waals surface area contributed by atoms with Gasteiger partial charge in [-0.05, 0) is 62.4 Å². The molecule has 2 amide bonds. The number of aromatic nitrogens is 1. The number of aryl methyl sites for hydroxylation is 1. The third kappa shape index (κ3) is 5.45. The number of carbonyl (C=O) groups excluding carboxylic acids is 2. The van der Waals surface area contributed by atoms with Gasteiger partial charge in [0.25, 0.3) is 0 Å². The van der Waals surface area contributed by atoms with Crippen LogP contribution in [0.2, 0.25) is 5.02 Å². The Balaban J connectivity index is 1.46. The van der Waals surface area contributed by atoms with E-state index in [4.69, 9.17) is 16.3 Å². The monoisotopic (exact) mass is 401 g/mol. The Morgan fingerprint density at radius 3 is 2.57 bits per heavy atom. The van der Waals surface area contributed by atoms with Gasteiger partial charge in [0.1, 0.15) is 11.4 Å². The van der Waals surface area contributed by atoms with Gasteiger partial charge in [-0.2, -0.15) is 0 Å². The minimum absolute atomic E-state index is 0.0715. The van der Waals surface area contributed by atoms with Crippen molar-refractivity contribution < 1.29 is 14.3 Å². The van der Waals surface area contributed by atoms with E-state index in [2.05, 4.69) is 15.6 Å². The summed E-state index contributed by atoms with van der Waals surface area (Å²) in [4.78, 5) is 27.7. The molecule has 3 rings (SSSR count). The molecular formula is C21H24ClN3O3. The Morgan fingerprint density at radius 2 is 1.89 bits per heavy atom. The van der Waals surface area contributed by atoms with Crippen molar-refractivity contribution in [1.82, 2.24) is 10.3 Å². The molecule has 6 nitrogen and oxygen atoms in total. The molecule has 2 N–H and O–H groups in total. The van der Waals surface area contributed by atoms with Gasteiger partial charge in [-0.3, -0.25) is 9.78 Å². The summed E-state index contributed by atoms with van der Waals surface area (Å²) in [6, 6.07) is 8.73. The normalized spacial score (nSPS) is 19.0. The van der Waals surface area contributed by atoms with E-state index in [9.17, 15) is 9.59 Å². The number of hydrogen-bond acceptors (Lipinski definition) is 4. The molecule has 0 aliphatic heterocycles. The fourth-order valence-electron chi connectivity index (χ4n) is 3.27. The Bertz CT molecular complexity index is 864. The maximum Gasteiger partial charge on any atom is 0.319 e. The van der Waals surface area contributed by atoms with E-state index in [0.29, 0.717) is 16.5 Å². The Labute approximate surface area is 169 Å².